The zero-order chi connectivity index (χ0) is 12.0. The van der Waals surface area contributed by atoms with E-state index in [9.17, 15) is 0 Å². The van der Waals surface area contributed by atoms with Crippen LogP contribution >= 0.6 is 0 Å². The molecule has 0 unspecified atom stereocenters. The van der Waals surface area contributed by atoms with Gasteiger partial charge in [-0.3, -0.25) is 0 Å². The van der Waals surface area contributed by atoms with Crippen molar-refractivity contribution < 1.29 is 18.6 Å². The lowest BCUT2D eigenvalue weighted by Gasteiger charge is -2.11. The van der Waals surface area contributed by atoms with E-state index in [1.807, 2.05) is 24.3 Å². The van der Waals surface area contributed by atoms with E-state index >= 15 is 0 Å². The summed E-state index contributed by atoms with van der Waals surface area (Å²) in [5.41, 5.74) is 1.92. The second-order valence-corrected chi connectivity index (χ2v) is 3.27. The third kappa shape index (κ3) is 3.09. The minimum atomic E-state index is -0.336. The number of rotatable bonds is 6. The molecule has 1 aromatic carbocycles. The number of hydrogen-bond acceptors (Lipinski definition) is 4. The van der Waals surface area contributed by atoms with E-state index in [0.717, 1.165) is 10.9 Å². The van der Waals surface area contributed by atoms with E-state index in [1.165, 1.54) is 0 Å². The van der Waals surface area contributed by atoms with Crippen LogP contribution in [-0.4, -0.2) is 42.7 Å². The molecule has 0 aliphatic rings. The van der Waals surface area contributed by atoms with Crippen LogP contribution in [0.2, 0.25) is 0 Å². The van der Waals surface area contributed by atoms with Gasteiger partial charge >= 0.3 is 14.2 Å². The smallest absolute Gasteiger partial charge is 0.410 e. The van der Waals surface area contributed by atoms with Gasteiger partial charge in [0.15, 0.2) is 0 Å². The van der Waals surface area contributed by atoms with Crippen LogP contribution in [0.1, 0.15) is 0 Å². The molecule has 0 saturated heterocycles. The summed E-state index contributed by atoms with van der Waals surface area (Å²) in [5, 5.41) is 0. The number of benzene rings is 1. The van der Waals surface area contributed by atoms with Crippen molar-refractivity contribution in [2.45, 2.75) is 0 Å². The minimum Gasteiger partial charge on any atom is -0.410 e. The van der Waals surface area contributed by atoms with E-state index in [1.54, 1.807) is 28.4 Å². The van der Waals surface area contributed by atoms with Gasteiger partial charge in [-0.15, -0.1) is 0 Å². The highest BCUT2D eigenvalue weighted by atomic mass is 16.6. The van der Waals surface area contributed by atoms with Gasteiger partial charge in [-0.2, -0.15) is 0 Å². The first-order valence-corrected chi connectivity index (χ1v) is 4.97. The minimum absolute atomic E-state index is 0.336. The van der Waals surface area contributed by atoms with Crippen LogP contribution in [0.4, 0.5) is 0 Å². The maximum atomic E-state index is 5.15. The zero-order valence-electron chi connectivity index (χ0n) is 10.1. The fourth-order valence-corrected chi connectivity index (χ4v) is 1.55. The van der Waals surface area contributed by atoms with Crippen LogP contribution in [0.5, 0.6) is 0 Å². The first-order valence-electron chi connectivity index (χ1n) is 4.97. The predicted molar refractivity (Wildman–Crippen MR) is 65.3 cm³/mol. The average Bonchev–Trinajstić information content (AvgIpc) is 2.34. The maximum Gasteiger partial charge on any atom is 0.493 e. The molecule has 0 amide bonds. The van der Waals surface area contributed by atoms with Crippen molar-refractivity contribution in [1.29, 1.82) is 0 Å². The Bertz CT molecular complexity index is 265. The Morgan fingerprint density at radius 1 is 0.625 bits per heavy atom. The Kier molecular flexibility index (Phi) is 5.55. The van der Waals surface area contributed by atoms with Gasteiger partial charge in [0.05, 0.1) is 0 Å². The zero-order valence-corrected chi connectivity index (χ0v) is 10.1. The van der Waals surface area contributed by atoms with Gasteiger partial charge in [0.1, 0.15) is 0 Å². The molecule has 0 N–H and O–H groups in total. The van der Waals surface area contributed by atoms with Crippen LogP contribution in [0, 0.1) is 0 Å². The molecule has 0 aliphatic heterocycles. The summed E-state index contributed by atoms with van der Waals surface area (Å²) in [6, 6.07) is 7.71. The lowest BCUT2D eigenvalue weighted by molar-refractivity contribution is 0.291. The van der Waals surface area contributed by atoms with Crippen LogP contribution in [-0.2, 0) is 18.6 Å². The summed E-state index contributed by atoms with van der Waals surface area (Å²) < 4.78 is 20.6. The van der Waals surface area contributed by atoms with Crippen molar-refractivity contribution >= 4 is 25.2 Å². The van der Waals surface area contributed by atoms with Crippen LogP contribution < -0.4 is 10.9 Å². The SMILES string of the molecule is COB(OC)c1ccc(B(OC)OC)cc1. The third-order valence-corrected chi connectivity index (χ3v) is 2.34. The lowest BCUT2D eigenvalue weighted by atomic mass is 9.74. The summed E-state index contributed by atoms with van der Waals surface area (Å²) in [6.07, 6.45) is 0. The summed E-state index contributed by atoms with van der Waals surface area (Å²) in [5.74, 6) is 0. The van der Waals surface area contributed by atoms with Gasteiger partial charge in [0, 0.05) is 28.4 Å². The molecule has 4 nitrogen and oxygen atoms in total. The molecule has 1 aromatic rings. The third-order valence-electron chi connectivity index (χ3n) is 2.34. The molecule has 0 bridgehead atoms. The highest BCUT2D eigenvalue weighted by Gasteiger charge is 2.21. The fraction of sp³-hybridized carbons (Fsp3) is 0.400. The summed E-state index contributed by atoms with van der Waals surface area (Å²) in [4.78, 5) is 0. The Morgan fingerprint density at radius 3 is 1.06 bits per heavy atom. The van der Waals surface area contributed by atoms with E-state index in [0.29, 0.717) is 0 Å². The van der Waals surface area contributed by atoms with Crippen LogP contribution in [0.3, 0.4) is 0 Å². The van der Waals surface area contributed by atoms with Gasteiger partial charge < -0.3 is 18.6 Å². The summed E-state index contributed by atoms with van der Waals surface area (Å²) in [6.45, 7) is 0. The standard InChI is InChI=1S/C10H16B2O4/c1-13-11(14-2)9-5-7-10(8-6-9)12(15-3)16-4/h5-8H,1-4H3. The second kappa shape index (κ2) is 6.70. The van der Waals surface area contributed by atoms with E-state index in [4.69, 9.17) is 18.6 Å². The predicted octanol–water partition coefficient (Wildman–Crippen LogP) is -0.337. The Morgan fingerprint density at radius 2 is 0.875 bits per heavy atom. The van der Waals surface area contributed by atoms with Crippen LogP contribution in [0.15, 0.2) is 24.3 Å². The fourth-order valence-electron chi connectivity index (χ4n) is 1.55. The lowest BCUT2D eigenvalue weighted by Crippen LogP contribution is -2.39. The van der Waals surface area contributed by atoms with Crippen molar-refractivity contribution in [3.8, 4) is 0 Å². The Labute approximate surface area is 97.1 Å². The van der Waals surface area contributed by atoms with Crippen molar-refractivity contribution in [1.82, 2.24) is 0 Å². The van der Waals surface area contributed by atoms with E-state index in [-0.39, 0.29) is 14.2 Å². The van der Waals surface area contributed by atoms with Gasteiger partial charge in [0.2, 0.25) is 0 Å². The topological polar surface area (TPSA) is 36.9 Å². The molecule has 1 rings (SSSR count). The van der Waals surface area contributed by atoms with Gasteiger partial charge in [-0.1, -0.05) is 24.3 Å². The quantitative estimate of drug-likeness (QED) is 0.617. The highest BCUT2D eigenvalue weighted by Crippen LogP contribution is 1.92. The van der Waals surface area contributed by atoms with Crippen molar-refractivity contribution in [3.05, 3.63) is 24.3 Å². The van der Waals surface area contributed by atoms with Gasteiger partial charge in [-0.05, 0) is 10.9 Å². The Balaban J connectivity index is 2.81. The molecular weight excluding hydrogens is 206 g/mol. The van der Waals surface area contributed by atoms with Gasteiger partial charge in [-0.25, -0.2) is 0 Å². The molecule has 0 spiro atoms. The van der Waals surface area contributed by atoms with Crippen molar-refractivity contribution in [2.75, 3.05) is 28.4 Å². The van der Waals surface area contributed by atoms with Crippen molar-refractivity contribution in [3.63, 3.8) is 0 Å². The van der Waals surface area contributed by atoms with Crippen LogP contribution in [0.25, 0.3) is 0 Å². The molecule has 86 valence electrons. The van der Waals surface area contributed by atoms with Crippen molar-refractivity contribution in [2.24, 2.45) is 0 Å². The normalized spacial score (nSPS) is 10.2. The second-order valence-electron chi connectivity index (χ2n) is 3.27. The average molecular weight is 222 g/mol. The molecule has 6 heteroatoms. The molecule has 0 fully saturated rings. The first-order chi connectivity index (χ1) is 7.76. The summed E-state index contributed by atoms with van der Waals surface area (Å²) in [7, 11) is 5.75. The highest BCUT2D eigenvalue weighted by molar-refractivity contribution is 6.63. The number of hydrogen-bond donors (Lipinski definition) is 0. The molecule has 0 heterocycles. The summed E-state index contributed by atoms with van der Waals surface area (Å²) >= 11 is 0. The molecule has 0 saturated carbocycles. The molecule has 16 heavy (non-hydrogen) atoms. The first kappa shape index (κ1) is 13.3. The molecule has 0 aliphatic carbocycles. The molecule has 0 atom stereocenters. The molecule has 0 radical (unpaired) electrons. The van der Waals surface area contributed by atoms with E-state index in [2.05, 4.69) is 0 Å². The molecular formula is C10H16B2O4. The van der Waals surface area contributed by atoms with E-state index < -0.39 is 0 Å². The van der Waals surface area contributed by atoms with Gasteiger partial charge in [0.25, 0.3) is 0 Å². The monoisotopic (exact) mass is 222 g/mol. The largest absolute Gasteiger partial charge is 0.493 e. The molecule has 0 aromatic heterocycles. The maximum absolute atomic E-state index is 5.15. The Hall–Kier alpha value is -0.810.